The molecular weight excluding hydrogens is 608 g/mol. The summed E-state index contributed by atoms with van der Waals surface area (Å²) in [4.78, 5) is 56.3. The summed E-state index contributed by atoms with van der Waals surface area (Å²) < 4.78 is 21.0. The molecule has 0 bridgehead atoms. The molecule has 2 aliphatic heterocycles. The van der Waals surface area contributed by atoms with Crippen molar-refractivity contribution >= 4 is 23.9 Å². The van der Waals surface area contributed by atoms with Crippen LogP contribution in [0.2, 0.25) is 0 Å². The van der Waals surface area contributed by atoms with Gasteiger partial charge in [0.15, 0.2) is 11.5 Å². The van der Waals surface area contributed by atoms with Crippen molar-refractivity contribution in [3.8, 4) is 17.2 Å². The number of likely N-dealkylation sites (N-methyl/N-ethyl adjacent to an activating group) is 1. The number of carbonyl (C=O) groups excluding carboxylic acids is 4. The van der Waals surface area contributed by atoms with Gasteiger partial charge in [-0.05, 0) is 54.7 Å². The fourth-order valence-electron chi connectivity index (χ4n) is 5.76. The van der Waals surface area contributed by atoms with Crippen LogP contribution in [0.25, 0.3) is 0 Å². The highest BCUT2D eigenvalue weighted by Crippen LogP contribution is 2.30. The molecule has 14 nitrogen and oxygen atoms in total. The van der Waals surface area contributed by atoms with Gasteiger partial charge in [0.1, 0.15) is 24.6 Å². The van der Waals surface area contributed by atoms with E-state index in [2.05, 4.69) is 17.2 Å². The van der Waals surface area contributed by atoms with E-state index >= 15 is 0 Å². The lowest BCUT2D eigenvalue weighted by molar-refractivity contribution is -0.187. The first-order valence-electron chi connectivity index (χ1n) is 15.4. The molecule has 2 fully saturated rings. The van der Waals surface area contributed by atoms with Crippen LogP contribution in [0.15, 0.2) is 55.1 Å². The fourth-order valence-corrected chi connectivity index (χ4v) is 5.76. The van der Waals surface area contributed by atoms with Crippen molar-refractivity contribution in [3.05, 3.63) is 66.2 Å². The fraction of sp³-hybridized carbons (Fsp3) is 0.455. The van der Waals surface area contributed by atoms with Crippen molar-refractivity contribution in [3.63, 3.8) is 0 Å². The van der Waals surface area contributed by atoms with Crippen molar-refractivity contribution in [1.82, 2.24) is 30.5 Å². The highest BCUT2D eigenvalue weighted by Gasteiger charge is 2.50. The van der Waals surface area contributed by atoms with Crippen molar-refractivity contribution in [2.45, 2.75) is 38.0 Å². The minimum atomic E-state index is -0.830. The number of ether oxygens (including phenoxy) is 4. The Hall–Kier alpha value is -4.98. The first kappa shape index (κ1) is 34.9. The molecule has 0 aliphatic carbocycles. The molecule has 0 unspecified atom stereocenters. The molecule has 2 saturated heterocycles. The van der Waals surface area contributed by atoms with Crippen LogP contribution in [0.3, 0.4) is 0 Å². The molecule has 2 aliphatic rings. The van der Waals surface area contributed by atoms with Crippen molar-refractivity contribution < 1.29 is 38.1 Å². The van der Waals surface area contributed by atoms with Crippen LogP contribution in [-0.2, 0) is 27.3 Å². The number of nitrogens with one attached hydrogen (secondary N) is 2. The molecule has 0 aromatic heterocycles. The second kappa shape index (κ2) is 16.5. The number of carbonyl (C=O) groups is 4. The van der Waals surface area contributed by atoms with Crippen molar-refractivity contribution in [2.24, 2.45) is 0 Å². The number of rotatable bonds is 14. The van der Waals surface area contributed by atoms with Gasteiger partial charge in [0.25, 0.3) is 0 Å². The molecule has 254 valence electrons. The first-order chi connectivity index (χ1) is 22.7. The number of piperazine rings is 1. The van der Waals surface area contributed by atoms with E-state index in [1.165, 1.54) is 16.0 Å². The van der Waals surface area contributed by atoms with Crippen LogP contribution in [0.5, 0.6) is 17.2 Å². The van der Waals surface area contributed by atoms with Gasteiger partial charge in [-0.1, -0.05) is 30.9 Å². The molecule has 2 aromatic carbocycles. The van der Waals surface area contributed by atoms with Crippen LogP contribution in [0.1, 0.15) is 24.0 Å². The molecule has 2 aromatic rings. The number of amides is 5. The maximum absolute atomic E-state index is 14.0. The Morgan fingerprint density at radius 1 is 0.979 bits per heavy atom. The second-order valence-corrected chi connectivity index (χ2v) is 11.1. The van der Waals surface area contributed by atoms with Crippen molar-refractivity contribution in [1.29, 1.82) is 0 Å². The van der Waals surface area contributed by atoms with Gasteiger partial charge in [0, 0.05) is 26.7 Å². The lowest BCUT2D eigenvalue weighted by atomic mass is 10.0. The number of methoxy groups -OCH3 is 3. The second-order valence-electron chi connectivity index (χ2n) is 11.1. The van der Waals surface area contributed by atoms with E-state index in [4.69, 9.17) is 18.9 Å². The van der Waals surface area contributed by atoms with E-state index in [9.17, 15) is 19.2 Å². The molecule has 0 saturated carbocycles. The number of nitrogens with zero attached hydrogens (tertiary/aromatic N) is 4. The van der Waals surface area contributed by atoms with E-state index in [1.807, 2.05) is 42.5 Å². The molecule has 14 heteroatoms. The lowest BCUT2D eigenvalue weighted by Gasteiger charge is -2.54. The van der Waals surface area contributed by atoms with Gasteiger partial charge in [-0.2, -0.15) is 0 Å². The Kier molecular flexibility index (Phi) is 12.3. The normalized spacial score (nSPS) is 17.9. The summed E-state index contributed by atoms with van der Waals surface area (Å²) >= 11 is 0. The summed E-state index contributed by atoms with van der Waals surface area (Å²) in [6, 6.07) is 11.7. The summed E-state index contributed by atoms with van der Waals surface area (Å²) in [7, 11) is 6.40. The zero-order valence-electron chi connectivity index (χ0n) is 27.4. The summed E-state index contributed by atoms with van der Waals surface area (Å²) in [5, 5.41) is 8.71. The third-order valence-electron chi connectivity index (χ3n) is 8.12. The number of alkyl carbamates (subject to hydrolysis) is 1. The highest BCUT2D eigenvalue weighted by molar-refractivity contribution is 5.91. The molecule has 2 atom stereocenters. The predicted molar refractivity (Wildman–Crippen MR) is 173 cm³/mol. The van der Waals surface area contributed by atoms with Crippen molar-refractivity contribution in [2.75, 3.05) is 61.2 Å². The minimum absolute atomic E-state index is 0.0754. The highest BCUT2D eigenvalue weighted by atomic mass is 16.5. The molecular formula is C33H44N6O8. The SMILES string of the molecule is C=CCOC(=O)NCCC[C@H]1C(=O)N(CCc2ccc(OC)c(OC)c2)C[C@H]2N1C(=O)CN(C)N2C(=O)NCc1ccc(OC)cc1. The minimum Gasteiger partial charge on any atom is -0.497 e. The van der Waals surface area contributed by atoms with E-state index in [0.717, 1.165) is 11.1 Å². The average Bonchev–Trinajstić information content (AvgIpc) is 3.08. The third kappa shape index (κ3) is 8.64. The Balaban J connectivity index is 1.53. The lowest BCUT2D eigenvalue weighted by Crippen LogP contribution is -2.76. The number of hydrogen-bond acceptors (Lipinski definition) is 9. The number of hydrazine groups is 1. The zero-order chi connectivity index (χ0) is 33.9. The van der Waals surface area contributed by atoms with E-state index < -0.39 is 24.3 Å². The quantitative estimate of drug-likeness (QED) is 0.232. The first-order valence-corrected chi connectivity index (χ1v) is 15.4. The Bertz CT molecular complexity index is 1420. The zero-order valence-corrected chi connectivity index (χ0v) is 27.4. The van der Waals surface area contributed by atoms with E-state index in [0.29, 0.717) is 36.6 Å². The van der Waals surface area contributed by atoms with Gasteiger partial charge >= 0.3 is 12.1 Å². The number of hydrogen-bond donors (Lipinski definition) is 2. The van der Waals surface area contributed by atoms with Gasteiger partial charge in [-0.15, -0.1) is 0 Å². The van der Waals surface area contributed by atoms with Gasteiger partial charge in [0.05, 0.1) is 34.4 Å². The summed E-state index contributed by atoms with van der Waals surface area (Å²) in [6.45, 7) is 4.50. The van der Waals surface area contributed by atoms with Crippen LogP contribution in [0, 0.1) is 0 Å². The van der Waals surface area contributed by atoms with Crippen LogP contribution in [0.4, 0.5) is 9.59 Å². The maximum atomic E-state index is 14.0. The van der Waals surface area contributed by atoms with Crippen LogP contribution in [-0.4, -0.2) is 117 Å². The summed E-state index contributed by atoms with van der Waals surface area (Å²) in [5.74, 6) is 1.42. The number of fused-ring (bicyclic) bond motifs is 1. The maximum Gasteiger partial charge on any atom is 0.407 e. The number of urea groups is 1. The largest absolute Gasteiger partial charge is 0.497 e. The topological polar surface area (TPSA) is 142 Å². The number of benzene rings is 2. The van der Waals surface area contributed by atoms with Crippen LogP contribution < -0.4 is 24.8 Å². The summed E-state index contributed by atoms with van der Waals surface area (Å²) in [6.07, 6.45) is 1.32. The summed E-state index contributed by atoms with van der Waals surface area (Å²) in [5.41, 5.74) is 1.81. The van der Waals surface area contributed by atoms with Gasteiger partial charge in [-0.3, -0.25) is 9.59 Å². The average molecular weight is 653 g/mol. The Morgan fingerprint density at radius 2 is 1.70 bits per heavy atom. The Labute approximate surface area is 275 Å². The standard InChI is InChI=1S/C33H44N6O8/c1-6-18-47-33(43)34-16-7-8-26-31(41)37(17-15-23-11-14-27(45-4)28(19-23)46-5)21-29-38(26)30(40)22-36(2)39(29)32(42)35-20-24-9-12-25(44-3)13-10-24/h6,9-14,19,26,29H,1,7-8,15-18,20-22H2,2-5H3,(H,34,43)(H,35,42)/t26-,29-/m0/s1. The molecule has 4 rings (SSSR count). The monoisotopic (exact) mass is 652 g/mol. The van der Waals surface area contributed by atoms with E-state index in [1.54, 1.807) is 38.3 Å². The van der Waals surface area contributed by atoms with Gasteiger partial charge < -0.3 is 39.4 Å². The van der Waals surface area contributed by atoms with E-state index in [-0.39, 0.29) is 51.0 Å². The van der Waals surface area contributed by atoms with Crippen LogP contribution >= 0.6 is 0 Å². The molecule has 0 radical (unpaired) electrons. The Morgan fingerprint density at radius 3 is 2.38 bits per heavy atom. The molecule has 47 heavy (non-hydrogen) atoms. The smallest absolute Gasteiger partial charge is 0.407 e. The predicted octanol–water partition coefficient (Wildman–Crippen LogP) is 2.39. The molecule has 0 spiro atoms. The van der Waals surface area contributed by atoms with Gasteiger partial charge in [0.2, 0.25) is 11.8 Å². The molecule has 5 amide bonds. The molecule has 2 heterocycles. The third-order valence-corrected chi connectivity index (χ3v) is 8.12. The molecule has 2 N–H and O–H groups in total. The van der Waals surface area contributed by atoms with Gasteiger partial charge in [-0.25, -0.2) is 19.6 Å².